The van der Waals surface area contributed by atoms with Crippen LogP contribution >= 0.6 is 0 Å². The zero-order valence-electron chi connectivity index (χ0n) is 23.3. The van der Waals surface area contributed by atoms with Crippen molar-refractivity contribution >= 4 is 23.4 Å². The Morgan fingerprint density at radius 1 is 1.05 bits per heavy atom. The van der Waals surface area contributed by atoms with E-state index in [1.54, 1.807) is 49.1 Å². The third-order valence-electron chi connectivity index (χ3n) is 7.06. The van der Waals surface area contributed by atoms with Crippen molar-refractivity contribution in [3.8, 4) is 5.69 Å². The van der Waals surface area contributed by atoms with E-state index in [0.717, 1.165) is 66.5 Å². The number of nitrogens with zero attached hydrogens (tertiary/aromatic N) is 5. The predicted molar refractivity (Wildman–Crippen MR) is 156 cm³/mol. The monoisotopic (exact) mass is 514 g/mol. The quantitative estimate of drug-likeness (QED) is 0.517. The van der Waals surface area contributed by atoms with E-state index in [1.165, 1.54) is 11.3 Å². The number of aryl methyl sites for hydroxylation is 2. The molecule has 3 aromatic rings. The first-order valence-corrected chi connectivity index (χ1v) is 13.0. The minimum absolute atomic E-state index is 0.0265. The van der Waals surface area contributed by atoms with E-state index in [9.17, 15) is 9.59 Å². The molecule has 1 amide bonds. The molecule has 0 radical (unpaired) electrons. The molecule has 0 atom stereocenters. The molecular weight excluding hydrogens is 476 g/mol. The molecule has 0 spiro atoms. The fourth-order valence-corrected chi connectivity index (χ4v) is 4.98. The third kappa shape index (κ3) is 5.97. The molecule has 2 aromatic heterocycles. The van der Waals surface area contributed by atoms with Crippen LogP contribution in [0.2, 0.25) is 0 Å². The van der Waals surface area contributed by atoms with Gasteiger partial charge in [0.15, 0.2) is 0 Å². The Morgan fingerprint density at radius 3 is 2.42 bits per heavy atom. The van der Waals surface area contributed by atoms with Crippen LogP contribution in [0.3, 0.4) is 0 Å². The van der Waals surface area contributed by atoms with Crippen LogP contribution in [-0.4, -0.2) is 79.1 Å². The number of pyridine rings is 2. The number of amides is 1. The van der Waals surface area contributed by atoms with Gasteiger partial charge in [0.1, 0.15) is 0 Å². The van der Waals surface area contributed by atoms with Gasteiger partial charge in [-0.3, -0.25) is 24.0 Å². The van der Waals surface area contributed by atoms with Crippen molar-refractivity contribution < 1.29 is 4.79 Å². The van der Waals surface area contributed by atoms with Gasteiger partial charge >= 0.3 is 0 Å². The Hall–Kier alpha value is -3.91. The Labute approximate surface area is 225 Å². The number of benzene rings is 1. The lowest BCUT2D eigenvalue weighted by Crippen LogP contribution is -2.47. The minimum Gasteiger partial charge on any atom is -0.388 e. The molecule has 0 saturated carbocycles. The average Bonchev–Trinajstić information content (AvgIpc) is 2.90. The number of carbonyl (C=O) groups excluding carboxylic acids is 1. The summed E-state index contributed by atoms with van der Waals surface area (Å²) in [5, 5.41) is 3.02. The highest BCUT2D eigenvalue weighted by atomic mass is 16.2. The van der Waals surface area contributed by atoms with Gasteiger partial charge in [-0.1, -0.05) is 11.6 Å². The summed E-state index contributed by atoms with van der Waals surface area (Å²) in [4.78, 5) is 36.0. The van der Waals surface area contributed by atoms with Gasteiger partial charge in [-0.25, -0.2) is 0 Å². The summed E-state index contributed by atoms with van der Waals surface area (Å²) < 4.78 is 1.67. The number of hydrogen-bond acceptors (Lipinski definition) is 6. The second-order valence-electron chi connectivity index (χ2n) is 10.2. The molecular formula is C30H38N6O2. The summed E-state index contributed by atoms with van der Waals surface area (Å²) in [5.74, 6) is 0.0265. The standard InChI is InChI=1S/C30H38N6O2/c1-21(17-26-23(3)32-11-9-28(26)36-12-10-25(31-4)19-29(36)37)20-34-13-15-35(16-14-34)27-8-7-24(18-22(27)2)30(38)33(5)6/h7-12,17-19,31H,13-16,20H2,1-6H3/b21-17+. The van der Waals surface area contributed by atoms with Gasteiger partial charge in [0, 0.05) is 101 Å². The first-order valence-electron chi connectivity index (χ1n) is 13.0. The van der Waals surface area contributed by atoms with Crippen LogP contribution < -0.4 is 15.8 Å². The van der Waals surface area contributed by atoms with Crippen molar-refractivity contribution in [1.82, 2.24) is 19.4 Å². The molecule has 0 aliphatic carbocycles. The lowest BCUT2D eigenvalue weighted by atomic mass is 10.1. The fraction of sp³-hybridized carbons (Fsp3) is 0.367. The van der Waals surface area contributed by atoms with E-state index >= 15 is 0 Å². The number of nitrogens with one attached hydrogen (secondary N) is 1. The van der Waals surface area contributed by atoms with Crippen LogP contribution in [0.25, 0.3) is 11.8 Å². The smallest absolute Gasteiger partial charge is 0.257 e. The summed E-state index contributed by atoms with van der Waals surface area (Å²) >= 11 is 0. The van der Waals surface area contributed by atoms with Crippen molar-refractivity contribution in [2.75, 3.05) is 64.1 Å². The van der Waals surface area contributed by atoms with E-state index in [-0.39, 0.29) is 11.5 Å². The molecule has 3 heterocycles. The van der Waals surface area contributed by atoms with Crippen LogP contribution in [0.15, 0.2) is 59.2 Å². The van der Waals surface area contributed by atoms with Crippen LogP contribution in [0.4, 0.5) is 11.4 Å². The van der Waals surface area contributed by atoms with Crippen LogP contribution in [-0.2, 0) is 0 Å². The minimum atomic E-state index is -0.0831. The van der Waals surface area contributed by atoms with Crippen LogP contribution in [0.1, 0.15) is 34.1 Å². The summed E-state index contributed by atoms with van der Waals surface area (Å²) in [7, 11) is 5.36. The van der Waals surface area contributed by atoms with Crippen molar-refractivity contribution in [1.29, 1.82) is 0 Å². The molecule has 1 aliphatic heterocycles. The molecule has 8 nitrogen and oxygen atoms in total. The molecule has 1 fully saturated rings. The molecule has 1 N–H and O–H groups in total. The Kier molecular flexibility index (Phi) is 8.32. The molecule has 4 rings (SSSR count). The highest BCUT2D eigenvalue weighted by Gasteiger charge is 2.20. The molecule has 38 heavy (non-hydrogen) atoms. The van der Waals surface area contributed by atoms with Gasteiger partial charge in [-0.2, -0.15) is 0 Å². The molecule has 0 unspecified atom stereocenters. The summed E-state index contributed by atoms with van der Waals surface area (Å²) in [5.41, 5.74) is 7.66. The van der Waals surface area contributed by atoms with Gasteiger partial charge in [-0.05, 0) is 56.7 Å². The number of aromatic nitrogens is 2. The SMILES string of the molecule is CNc1ccn(-c2ccnc(C)c2/C=C(\C)CN2CCN(c3ccc(C(=O)N(C)C)cc3C)CC2)c(=O)c1. The summed E-state index contributed by atoms with van der Waals surface area (Å²) in [6.07, 6.45) is 5.72. The maximum atomic E-state index is 12.8. The van der Waals surface area contributed by atoms with E-state index in [2.05, 4.69) is 46.1 Å². The van der Waals surface area contributed by atoms with Crippen molar-refractivity contribution in [3.05, 3.63) is 87.1 Å². The highest BCUT2D eigenvalue weighted by molar-refractivity contribution is 5.94. The number of piperazine rings is 1. The first kappa shape index (κ1) is 27.1. The number of anilines is 2. The third-order valence-corrected chi connectivity index (χ3v) is 7.06. The topological polar surface area (TPSA) is 73.7 Å². The van der Waals surface area contributed by atoms with E-state index < -0.39 is 0 Å². The van der Waals surface area contributed by atoms with Crippen molar-refractivity contribution in [3.63, 3.8) is 0 Å². The molecule has 1 aromatic carbocycles. The molecule has 1 aliphatic rings. The van der Waals surface area contributed by atoms with Crippen LogP contribution in [0, 0.1) is 13.8 Å². The molecule has 0 bridgehead atoms. The lowest BCUT2D eigenvalue weighted by Gasteiger charge is -2.37. The summed E-state index contributed by atoms with van der Waals surface area (Å²) in [6, 6.07) is 11.4. The Balaban J connectivity index is 1.45. The first-order chi connectivity index (χ1) is 18.2. The summed E-state index contributed by atoms with van der Waals surface area (Å²) in [6.45, 7) is 10.8. The van der Waals surface area contributed by atoms with E-state index in [4.69, 9.17) is 0 Å². The lowest BCUT2D eigenvalue weighted by molar-refractivity contribution is 0.0827. The number of carbonyl (C=O) groups is 1. The van der Waals surface area contributed by atoms with Crippen molar-refractivity contribution in [2.24, 2.45) is 0 Å². The van der Waals surface area contributed by atoms with Crippen molar-refractivity contribution in [2.45, 2.75) is 20.8 Å². The maximum absolute atomic E-state index is 12.8. The normalized spacial score (nSPS) is 14.5. The molecule has 200 valence electrons. The van der Waals surface area contributed by atoms with Crippen LogP contribution in [0.5, 0.6) is 0 Å². The zero-order valence-corrected chi connectivity index (χ0v) is 23.3. The van der Waals surface area contributed by atoms with Gasteiger partial charge < -0.3 is 15.1 Å². The van der Waals surface area contributed by atoms with Gasteiger partial charge in [0.25, 0.3) is 11.5 Å². The zero-order chi connectivity index (χ0) is 27.4. The van der Waals surface area contributed by atoms with Gasteiger partial charge in [-0.15, -0.1) is 0 Å². The Morgan fingerprint density at radius 2 is 1.79 bits per heavy atom. The number of rotatable bonds is 7. The highest BCUT2D eigenvalue weighted by Crippen LogP contribution is 2.24. The second-order valence-corrected chi connectivity index (χ2v) is 10.2. The largest absolute Gasteiger partial charge is 0.388 e. The maximum Gasteiger partial charge on any atom is 0.257 e. The Bertz CT molecular complexity index is 1400. The van der Waals surface area contributed by atoms with E-state index in [1.807, 2.05) is 31.2 Å². The predicted octanol–water partition coefficient (Wildman–Crippen LogP) is 3.82. The average molecular weight is 515 g/mol. The number of hydrogen-bond donors (Lipinski definition) is 1. The second kappa shape index (κ2) is 11.6. The molecule has 8 heteroatoms. The molecule has 1 saturated heterocycles. The van der Waals surface area contributed by atoms with E-state index in [0.29, 0.717) is 0 Å². The van der Waals surface area contributed by atoms with Gasteiger partial charge in [0.2, 0.25) is 0 Å². The fourth-order valence-electron chi connectivity index (χ4n) is 4.98. The van der Waals surface area contributed by atoms with Gasteiger partial charge in [0.05, 0.1) is 5.69 Å².